The molecule has 0 saturated heterocycles. The van der Waals surface area contributed by atoms with Crippen LogP contribution in [0, 0.1) is 20.8 Å². The second kappa shape index (κ2) is 12.1. The summed E-state index contributed by atoms with van der Waals surface area (Å²) in [6.07, 6.45) is 0. The van der Waals surface area contributed by atoms with Crippen LogP contribution >= 0.6 is 34.7 Å². The number of nitrogens with zero attached hydrogens (tertiary/aromatic N) is 4. The van der Waals surface area contributed by atoms with Crippen molar-refractivity contribution in [2.45, 2.75) is 20.8 Å². The smallest absolute Gasteiger partial charge is 0.269 e. The first-order chi connectivity index (χ1) is 21.1. The molecule has 3 aromatic heterocycles. The molecular weight excluding hydrogens is 619 g/mol. The van der Waals surface area contributed by atoms with Crippen LogP contribution in [0.4, 0.5) is 11.4 Å². The minimum absolute atomic E-state index is 0.221. The summed E-state index contributed by atoms with van der Waals surface area (Å²) < 4.78 is 14.9. The highest BCUT2D eigenvalue weighted by atomic mass is 35.5. The van der Waals surface area contributed by atoms with Crippen molar-refractivity contribution in [1.82, 2.24) is 19.6 Å². The van der Waals surface area contributed by atoms with Crippen LogP contribution in [-0.4, -0.2) is 25.5 Å². The number of fused-ring (bicyclic) bond motifs is 2. The van der Waals surface area contributed by atoms with E-state index in [0.717, 1.165) is 56.1 Å². The zero-order valence-electron chi connectivity index (χ0n) is 23.7. The van der Waals surface area contributed by atoms with Gasteiger partial charge in [-0.2, -0.15) is 0 Å². The Hall–Kier alpha value is -4.77. The summed E-state index contributed by atoms with van der Waals surface area (Å²) in [6, 6.07) is 22.4. The molecule has 3 heterocycles. The summed E-state index contributed by atoms with van der Waals surface area (Å²) in [5, 5.41) is 7.93. The number of aryl methyl sites for hydroxylation is 3. The van der Waals surface area contributed by atoms with Crippen molar-refractivity contribution in [3.63, 3.8) is 0 Å². The monoisotopic (exact) mass is 642 g/mol. The average Bonchev–Trinajstić information content (AvgIpc) is 3.69. The second-order valence-electron chi connectivity index (χ2n) is 9.91. The summed E-state index contributed by atoms with van der Waals surface area (Å²) in [5.41, 5.74) is 14.3. The molecule has 0 aliphatic heterocycles. The van der Waals surface area contributed by atoms with Gasteiger partial charge in [-0.25, -0.2) is 9.97 Å². The molecule has 0 radical (unpaired) electrons. The molecule has 0 spiro atoms. The van der Waals surface area contributed by atoms with Crippen molar-refractivity contribution in [2.75, 3.05) is 11.1 Å². The molecule has 0 saturated carbocycles. The summed E-state index contributed by atoms with van der Waals surface area (Å²) >= 11 is 13.7. The van der Waals surface area contributed by atoms with Crippen molar-refractivity contribution < 1.29 is 13.6 Å². The molecule has 0 unspecified atom stereocenters. The predicted molar refractivity (Wildman–Crippen MR) is 175 cm³/mol. The highest BCUT2D eigenvalue weighted by molar-refractivity contribution is 7.08. The standard InChI is InChI=1S/C18H13ClN4O2S.C14H11ClN2O/c1-9-17(26-23-22-9)18(24)21-12-5-3-11(4-6-12)13-7-16-15(8-14(13)19)20-10(2)25-16;1-8-17-13-7-12(15)11(6-14(13)18-8)9-2-4-10(16)5-3-9/h3-8H,1-2H3,(H,21,24);2-7H,16H2,1H3. The lowest BCUT2D eigenvalue weighted by molar-refractivity contribution is 0.103. The Bertz CT molecular complexity index is 2140. The molecule has 9 nitrogen and oxygen atoms in total. The number of rotatable bonds is 4. The van der Waals surface area contributed by atoms with Gasteiger partial charge in [0.1, 0.15) is 15.9 Å². The Morgan fingerprint density at radius 2 is 1.27 bits per heavy atom. The zero-order chi connectivity index (χ0) is 31.0. The minimum atomic E-state index is -0.221. The van der Waals surface area contributed by atoms with E-state index in [9.17, 15) is 4.79 Å². The molecule has 0 bridgehead atoms. The Kier molecular flexibility index (Phi) is 8.05. The summed E-state index contributed by atoms with van der Waals surface area (Å²) in [4.78, 5) is 21.3. The molecule has 7 aromatic rings. The minimum Gasteiger partial charge on any atom is -0.441 e. The largest absolute Gasteiger partial charge is 0.441 e. The van der Waals surface area contributed by atoms with E-state index in [4.69, 9.17) is 37.8 Å². The number of carbonyl (C=O) groups excluding carboxylic acids is 1. The molecule has 220 valence electrons. The fourth-order valence-corrected chi connectivity index (χ4v) is 5.68. The number of nitrogen functional groups attached to an aromatic ring is 1. The van der Waals surface area contributed by atoms with Gasteiger partial charge in [0.15, 0.2) is 22.9 Å². The molecule has 0 fully saturated rings. The molecular formula is C32H24Cl2N6O3S. The molecule has 44 heavy (non-hydrogen) atoms. The summed E-state index contributed by atoms with van der Waals surface area (Å²) in [6.45, 7) is 5.37. The van der Waals surface area contributed by atoms with Crippen LogP contribution in [0.5, 0.6) is 0 Å². The number of halogens is 2. The molecule has 7 rings (SSSR count). The van der Waals surface area contributed by atoms with Crippen molar-refractivity contribution in [3.8, 4) is 22.3 Å². The van der Waals surface area contributed by atoms with E-state index >= 15 is 0 Å². The molecule has 0 aliphatic carbocycles. The van der Waals surface area contributed by atoms with Crippen LogP contribution in [-0.2, 0) is 0 Å². The second-order valence-corrected chi connectivity index (χ2v) is 11.5. The van der Waals surface area contributed by atoms with E-state index in [1.54, 1.807) is 19.9 Å². The van der Waals surface area contributed by atoms with Crippen molar-refractivity contribution in [2.24, 2.45) is 0 Å². The van der Waals surface area contributed by atoms with E-state index < -0.39 is 0 Å². The molecule has 0 atom stereocenters. The highest BCUT2D eigenvalue weighted by Crippen LogP contribution is 2.34. The molecule has 4 aromatic carbocycles. The maximum atomic E-state index is 12.2. The van der Waals surface area contributed by atoms with Gasteiger partial charge in [0, 0.05) is 36.3 Å². The first-order valence-electron chi connectivity index (χ1n) is 13.3. The number of amides is 1. The Morgan fingerprint density at radius 1 is 0.773 bits per heavy atom. The number of nitrogens with two attached hydrogens (primary N) is 1. The third-order valence-electron chi connectivity index (χ3n) is 6.70. The van der Waals surface area contributed by atoms with Gasteiger partial charge in [0.2, 0.25) is 0 Å². The lowest BCUT2D eigenvalue weighted by atomic mass is 10.0. The number of carbonyl (C=O) groups is 1. The lowest BCUT2D eigenvalue weighted by Gasteiger charge is -2.07. The maximum absolute atomic E-state index is 12.2. The van der Waals surface area contributed by atoms with Crippen molar-refractivity contribution in [1.29, 1.82) is 0 Å². The molecule has 3 N–H and O–H groups in total. The number of hydrogen-bond donors (Lipinski definition) is 2. The first-order valence-corrected chi connectivity index (χ1v) is 14.9. The Labute approximate surface area is 265 Å². The van der Waals surface area contributed by atoms with Gasteiger partial charge in [-0.15, -0.1) is 5.10 Å². The Balaban J connectivity index is 0.000000167. The summed E-state index contributed by atoms with van der Waals surface area (Å²) in [5.74, 6) is 1.01. The SMILES string of the molecule is Cc1nc2cc(Cl)c(-c3ccc(N)cc3)cc2o1.Cc1nc2cc(Cl)c(-c3ccc(NC(=O)c4snnc4C)cc3)cc2o1. The zero-order valence-corrected chi connectivity index (χ0v) is 26.0. The predicted octanol–water partition coefficient (Wildman–Crippen LogP) is 8.91. The number of nitrogens with one attached hydrogen (secondary N) is 1. The normalized spacial score (nSPS) is 11.0. The van der Waals surface area contributed by atoms with Crippen LogP contribution in [0.1, 0.15) is 27.1 Å². The highest BCUT2D eigenvalue weighted by Gasteiger charge is 2.14. The number of hydrogen-bond acceptors (Lipinski definition) is 9. The van der Waals surface area contributed by atoms with E-state index in [2.05, 4.69) is 24.9 Å². The molecule has 12 heteroatoms. The van der Waals surface area contributed by atoms with Gasteiger partial charge < -0.3 is 19.9 Å². The average molecular weight is 644 g/mol. The lowest BCUT2D eigenvalue weighted by Crippen LogP contribution is -2.11. The number of benzene rings is 4. The number of aromatic nitrogens is 4. The van der Waals surface area contributed by atoms with Gasteiger partial charge in [-0.1, -0.05) is 52.0 Å². The third-order valence-corrected chi connectivity index (χ3v) is 8.15. The fourth-order valence-electron chi connectivity index (χ4n) is 4.59. The van der Waals surface area contributed by atoms with Crippen LogP contribution in [0.3, 0.4) is 0 Å². The van der Waals surface area contributed by atoms with Gasteiger partial charge in [0.05, 0.1) is 15.7 Å². The number of anilines is 2. The van der Waals surface area contributed by atoms with E-state index in [0.29, 0.717) is 43.7 Å². The van der Waals surface area contributed by atoms with Crippen LogP contribution in [0.2, 0.25) is 10.0 Å². The quantitative estimate of drug-likeness (QED) is 0.182. The van der Waals surface area contributed by atoms with Gasteiger partial charge in [0.25, 0.3) is 5.91 Å². The molecule has 1 amide bonds. The van der Waals surface area contributed by atoms with Crippen molar-refractivity contribution >= 4 is 74.2 Å². The van der Waals surface area contributed by atoms with Crippen LogP contribution in [0.25, 0.3) is 44.5 Å². The molecule has 0 aliphatic rings. The fraction of sp³-hybridized carbons (Fsp3) is 0.0938. The van der Waals surface area contributed by atoms with Gasteiger partial charge >= 0.3 is 0 Å². The number of oxazole rings is 2. The topological polar surface area (TPSA) is 133 Å². The Morgan fingerprint density at radius 3 is 1.75 bits per heavy atom. The van der Waals surface area contributed by atoms with E-state index in [-0.39, 0.29) is 5.91 Å². The van der Waals surface area contributed by atoms with Crippen LogP contribution < -0.4 is 11.1 Å². The van der Waals surface area contributed by atoms with Crippen LogP contribution in [0.15, 0.2) is 81.6 Å². The van der Waals surface area contributed by atoms with E-state index in [1.807, 2.05) is 73.7 Å². The maximum Gasteiger partial charge on any atom is 0.269 e. The van der Waals surface area contributed by atoms with Crippen molar-refractivity contribution in [3.05, 3.63) is 105 Å². The van der Waals surface area contributed by atoms with Gasteiger partial charge in [-0.05, 0) is 78.1 Å². The van der Waals surface area contributed by atoms with E-state index in [1.165, 1.54) is 0 Å². The van der Waals surface area contributed by atoms with Gasteiger partial charge in [-0.3, -0.25) is 4.79 Å². The first kappa shape index (κ1) is 29.3. The summed E-state index contributed by atoms with van der Waals surface area (Å²) in [7, 11) is 0. The third kappa shape index (κ3) is 6.14.